The molecule has 4 nitrogen and oxygen atoms in total. The Bertz CT molecular complexity index is 574. The van der Waals surface area contributed by atoms with Gasteiger partial charge < -0.3 is 10.2 Å². The summed E-state index contributed by atoms with van der Waals surface area (Å²) in [5, 5.41) is 3.74. The average Bonchev–Trinajstić information content (AvgIpc) is 2.62. The third kappa shape index (κ3) is 6.03. The third-order valence-corrected chi connectivity index (χ3v) is 5.05. The maximum Gasteiger partial charge on any atom is 0.253 e. The van der Waals surface area contributed by atoms with Crippen molar-refractivity contribution in [2.75, 3.05) is 13.1 Å². The molecule has 138 valence electrons. The number of carbonyl (C=O) groups is 2. The van der Waals surface area contributed by atoms with Crippen LogP contribution in [-0.2, 0) is 4.79 Å². The lowest BCUT2D eigenvalue weighted by Gasteiger charge is -2.32. The SMILES string of the molecule is CCCCCC(C)NC(=O)C1CCCN(C(=O)c2ccc(Cl)cc2)C1. The van der Waals surface area contributed by atoms with E-state index in [2.05, 4.69) is 19.2 Å². The molecule has 5 heteroatoms. The summed E-state index contributed by atoms with van der Waals surface area (Å²) < 4.78 is 0. The van der Waals surface area contributed by atoms with Crippen LogP contribution in [0.25, 0.3) is 0 Å². The van der Waals surface area contributed by atoms with Crippen LogP contribution in [-0.4, -0.2) is 35.8 Å². The number of hydrogen-bond acceptors (Lipinski definition) is 2. The standard InChI is InChI=1S/C20H29ClN2O2/c1-3-4-5-7-15(2)22-19(24)17-8-6-13-23(14-17)20(25)16-9-11-18(21)12-10-16/h9-12,15,17H,3-8,13-14H2,1-2H3,(H,22,24). The van der Waals surface area contributed by atoms with Crippen LogP contribution >= 0.6 is 11.6 Å². The molecular formula is C20H29ClN2O2. The van der Waals surface area contributed by atoms with Gasteiger partial charge in [0.25, 0.3) is 5.91 Å². The first-order valence-electron chi connectivity index (χ1n) is 9.36. The molecule has 1 aliphatic heterocycles. The molecule has 2 atom stereocenters. The highest BCUT2D eigenvalue weighted by Gasteiger charge is 2.29. The van der Waals surface area contributed by atoms with Gasteiger partial charge in [0.2, 0.25) is 5.91 Å². The van der Waals surface area contributed by atoms with Gasteiger partial charge >= 0.3 is 0 Å². The Kier molecular flexibility index (Phi) is 7.76. The van der Waals surface area contributed by atoms with E-state index in [0.717, 1.165) is 25.7 Å². The van der Waals surface area contributed by atoms with E-state index in [1.807, 2.05) is 0 Å². The largest absolute Gasteiger partial charge is 0.353 e. The molecule has 0 saturated carbocycles. The Labute approximate surface area is 155 Å². The predicted octanol–water partition coefficient (Wildman–Crippen LogP) is 4.28. The highest BCUT2D eigenvalue weighted by molar-refractivity contribution is 6.30. The fraction of sp³-hybridized carbons (Fsp3) is 0.600. The van der Waals surface area contributed by atoms with E-state index >= 15 is 0 Å². The van der Waals surface area contributed by atoms with Crippen molar-refractivity contribution < 1.29 is 9.59 Å². The van der Waals surface area contributed by atoms with Crippen molar-refractivity contribution in [3.8, 4) is 0 Å². The number of unbranched alkanes of at least 4 members (excludes halogenated alkanes) is 2. The highest BCUT2D eigenvalue weighted by Crippen LogP contribution is 2.20. The zero-order chi connectivity index (χ0) is 18.2. The summed E-state index contributed by atoms with van der Waals surface area (Å²) in [6.07, 6.45) is 6.25. The molecule has 0 aromatic heterocycles. The number of halogens is 1. The molecule has 0 radical (unpaired) electrons. The molecule has 1 aromatic rings. The van der Waals surface area contributed by atoms with Crippen LogP contribution in [0.5, 0.6) is 0 Å². The van der Waals surface area contributed by atoms with Gasteiger partial charge in [0, 0.05) is 29.7 Å². The Hall–Kier alpha value is -1.55. The van der Waals surface area contributed by atoms with E-state index in [1.165, 1.54) is 12.8 Å². The second-order valence-corrected chi connectivity index (χ2v) is 7.44. The van der Waals surface area contributed by atoms with Crippen molar-refractivity contribution in [1.82, 2.24) is 10.2 Å². The highest BCUT2D eigenvalue weighted by atomic mass is 35.5. The fourth-order valence-electron chi connectivity index (χ4n) is 3.28. The number of likely N-dealkylation sites (tertiary alicyclic amines) is 1. The number of nitrogens with one attached hydrogen (secondary N) is 1. The lowest BCUT2D eigenvalue weighted by atomic mass is 9.96. The summed E-state index contributed by atoms with van der Waals surface area (Å²) in [5.74, 6) is -0.0543. The monoisotopic (exact) mass is 364 g/mol. The summed E-state index contributed by atoms with van der Waals surface area (Å²) in [4.78, 5) is 26.9. The summed E-state index contributed by atoms with van der Waals surface area (Å²) >= 11 is 5.88. The van der Waals surface area contributed by atoms with Gasteiger partial charge in [0.15, 0.2) is 0 Å². The summed E-state index contributed by atoms with van der Waals surface area (Å²) in [6.45, 7) is 5.44. The topological polar surface area (TPSA) is 49.4 Å². The Morgan fingerprint density at radius 1 is 1.28 bits per heavy atom. The molecule has 2 amide bonds. The zero-order valence-corrected chi connectivity index (χ0v) is 16.0. The normalized spacial score (nSPS) is 18.7. The number of amides is 2. The Morgan fingerprint density at radius 3 is 2.68 bits per heavy atom. The smallest absolute Gasteiger partial charge is 0.253 e. The molecule has 1 fully saturated rings. The number of carbonyl (C=O) groups excluding carboxylic acids is 2. The van der Waals surface area contributed by atoms with Crippen molar-refractivity contribution in [2.45, 2.75) is 58.4 Å². The second kappa shape index (κ2) is 9.81. The summed E-state index contributed by atoms with van der Waals surface area (Å²) in [7, 11) is 0. The molecule has 0 spiro atoms. The first-order valence-corrected chi connectivity index (χ1v) is 9.74. The minimum Gasteiger partial charge on any atom is -0.353 e. The average molecular weight is 365 g/mol. The maximum atomic E-state index is 12.6. The van der Waals surface area contributed by atoms with E-state index in [4.69, 9.17) is 11.6 Å². The number of nitrogens with zero attached hydrogens (tertiary/aromatic N) is 1. The lowest BCUT2D eigenvalue weighted by Crippen LogP contribution is -2.47. The van der Waals surface area contributed by atoms with Crippen LogP contribution in [0.1, 0.15) is 62.7 Å². The molecule has 25 heavy (non-hydrogen) atoms. The van der Waals surface area contributed by atoms with Gasteiger partial charge in [-0.25, -0.2) is 0 Å². The molecule has 2 unspecified atom stereocenters. The van der Waals surface area contributed by atoms with Crippen LogP contribution in [0.15, 0.2) is 24.3 Å². The van der Waals surface area contributed by atoms with E-state index in [1.54, 1.807) is 29.2 Å². The molecule has 2 rings (SSSR count). The number of benzene rings is 1. The third-order valence-electron chi connectivity index (χ3n) is 4.80. The molecule has 1 saturated heterocycles. The van der Waals surface area contributed by atoms with Crippen LogP contribution < -0.4 is 5.32 Å². The maximum absolute atomic E-state index is 12.6. The Morgan fingerprint density at radius 2 is 2.00 bits per heavy atom. The van der Waals surface area contributed by atoms with Crippen LogP contribution in [0, 0.1) is 5.92 Å². The molecule has 1 aliphatic rings. The number of rotatable bonds is 7. The van der Waals surface area contributed by atoms with Gasteiger partial charge in [-0.15, -0.1) is 0 Å². The minimum atomic E-state index is -0.112. The van der Waals surface area contributed by atoms with Crippen molar-refractivity contribution in [2.24, 2.45) is 5.92 Å². The van der Waals surface area contributed by atoms with E-state index in [-0.39, 0.29) is 23.8 Å². The summed E-state index contributed by atoms with van der Waals surface area (Å²) in [6, 6.07) is 7.12. The number of hydrogen-bond donors (Lipinski definition) is 1. The van der Waals surface area contributed by atoms with Gasteiger partial charge in [-0.05, 0) is 50.5 Å². The van der Waals surface area contributed by atoms with Crippen molar-refractivity contribution in [1.29, 1.82) is 0 Å². The van der Waals surface area contributed by atoms with Crippen LogP contribution in [0.3, 0.4) is 0 Å². The van der Waals surface area contributed by atoms with E-state index in [0.29, 0.717) is 23.7 Å². The van der Waals surface area contributed by atoms with Gasteiger partial charge in [-0.1, -0.05) is 37.8 Å². The molecule has 0 bridgehead atoms. The molecular weight excluding hydrogens is 336 g/mol. The van der Waals surface area contributed by atoms with Gasteiger partial charge in [-0.2, -0.15) is 0 Å². The quantitative estimate of drug-likeness (QED) is 0.734. The molecule has 1 N–H and O–H groups in total. The van der Waals surface area contributed by atoms with Crippen molar-refractivity contribution in [3.05, 3.63) is 34.9 Å². The zero-order valence-electron chi connectivity index (χ0n) is 15.3. The van der Waals surface area contributed by atoms with Crippen LogP contribution in [0.4, 0.5) is 0 Å². The lowest BCUT2D eigenvalue weighted by molar-refractivity contribution is -0.127. The van der Waals surface area contributed by atoms with E-state index in [9.17, 15) is 9.59 Å². The molecule has 1 aromatic carbocycles. The number of piperidine rings is 1. The van der Waals surface area contributed by atoms with Gasteiger partial charge in [0.05, 0.1) is 5.92 Å². The van der Waals surface area contributed by atoms with Crippen molar-refractivity contribution >= 4 is 23.4 Å². The second-order valence-electron chi connectivity index (χ2n) is 7.00. The van der Waals surface area contributed by atoms with Gasteiger partial charge in [-0.3, -0.25) is 9.59 Å². The first kappa shape index (κ1) is 19.8. The van der Waals surface area contributed by atoms with Crippen molar-refractivity contribution in [3.63, 3.8) is 0 Å². The molecule has 0 aliphatic carbocycles. The Balaban J connectivity index is 1.88. The summed E-state index contributed by atoms with van der Waals surface area (Å²) in [5.41, 5.74) is 0.624. The van der Waals surface area contributed by atoms with Gasteiger partial charge in [0.1, 0.15) is 0 Å². The van der Waals surface area contributed by atoms with Crippen LogP contribution in [0.2, 0.25) is 5.02 Å². The first-order chi connectivity index (χ1) is 12.0. The predicted molar refractivity (Wildman–Crippen MR) is 102 cm³/mol. The molecule has 1 heterocycles. The minimum absolute atomic E-state index is 0.0230. The van der Waals surface area contributed by atoms with E-state index < -0.39 is 0 Å². The fourth-order valence-corrected chi connectivity index (χ4v) is 3.41.